The van der Waals surface area contributed by atoms with Crippen molar-refractivity contribution < 1.29 is 9.18 Å². The molecule has 2 atom stereocenters. The van der Waals surface area contributed by atoms with Gasteiger partial charge in [0.25, 0.3) is 0 Å². The van der Waals surface area contributed by atoms with E-state index in [4.69, 9.17) is 23.2 Å². The van der Waals surface area contributed by atoms with Crippen molar-refractivity contribution in [3.63, 3.8) is 0 Å². The van der Waals surface area contributed by atoms with Crippen LogP contribution in [0.2, 0.25) is 10.0 Å². The Morgan fingerprint density at radius 3 is 2.48 bits per heavy atom. The number of nitrogens with one attached hydrogen (secondary N) is 1. The number of carbonyl (C=O) groups is 1. The van der Waals surface area contributed by atoms with Gasteiger partial charge in [0.2, 0.25) is 5.91 Å². The number of para-hydroxylation sites is 1. The molecule has 0 saturated heterocycles. The summed E-state index contributed by atoms with van der Waals surface area (Å²) in [6.45, 7) is 0. The molecule has 1 N–H and O–H groups in total. The lowest BCUT2D eigenvalue weighted by Gasteiger charge is -2.06. The van der Waals surface area contributed by atoms with E-state index >= 15 is 0 Å². The predicted octanol–water partition coefficient (Wildman–Crippen LogP) is 4.87. The third kappa shape index (κ3) is 3.20. The first kappa shape index (κ1) is 14.4. The van der Waals surface area contributed by atoms with Gasteiger partial charge in [0.05, 0.1) is 5.69 Å². The lowest BCUT2D eigenvalue weighted by Crippen LogP contribution is -2.15. The molecule has 0 unspecified atom stereocenters. The van der Waals surface area contributed by atoms with Gasteiger partial charge < -0.3 is 5.32 Å². The van der Waals surface area contributed by atoms with E-state index in [1.54, 1.807) is 24.3 Å². The van der Waals surface area contributed by atoms with Gasteiger partial charge in [-0.2, -0.15) is 0 Å². The fraction of sp³-hybridized carbons (Fsp3) is 0.188. The Kier molecular flexibility index (Phi) is 3.87. The van der Waals surface area contributed by atoms with Crippen molar-refractivity contribution in [3.8, 4) is 0 Å². The Balaban J connectivity index is 1.70. The van der Waals surface area contributed by atoms with Crippen molar-refractivity contribution in [2.75, 3.05) is 5.32 Å². The molecular weight excluding hydrogens is 312 g/mol. The number of benzene rings is 2. The lowest BCUT2D eigenvalue weighted by atomic mass is 10.1. The number of hydrogen-bond acceptors (Lipinski definition) is 1. The molecule has 108 valence electrons. The Labute approximate surface area is 131 Å². The SMILES string of the molecule is O=C(Nc1ccccc1F)[C@H]1C[C@@H]1c1cc(Cl)cc(Cl)c1. The summed E-state index contributed by atoms with van der Waals surface area (Å²) in [5, 5.41) is 3.73. The maximum absolute atomic E-state index is 13.5. The number of rotatable bonds is 3. The molecular formula is C16H12Cl2FNO. The summed E-state index contributed by atoms with van der Waals surface area (Å²) in [6, 6.07) is 11.4. The summed E-state index contributed by atoms with van der Waals surface area (Å²) < 4.78 is 13.5. The second-order valence-corrected chi connectivity index (χ2v) is 5.99. The second-order valence-electron chi connectivity index (χ2n) is 5.12. The third-order valence-corrected chi connectivity index (χ3v) is 4.01. The zero-order valence-electron chi connectivity index (χ0n) is 10.9. The topological polar surface area (TPSA) is 29.1 Å². The van der Waals surface area contributed by atoms with Gasteiger partial charge in [-0.3, -0.25) is 4.79 Å². The van der Waals surface area contributed by atoms with E-state index in [1.165, 1.54) is 6.07 Å². The minimum Gasteiger partial charge on any atom is -0.323 e. The lowest BCUT2D eigenvalue weighted by molar-refractivity contribution is -0.117. The van der Waals surface area contributed by atoms with Gasteiger partial charge in [-0.1, -0.05) is 35.3 Å². The Morgan fingerprint density at radius 1 is 1.14 bits per heavy atom. The van der Waals surface area contributed by atoms with E-state index in [1.807, 2.05) is 12.1 Å². The molecule has 1 saturated carbocycles. The molecule has 0 aliphatic heterocycles. The third-order valence-electron chi connectivity index (χ3n) is 3.57. The molecule has 0 aromatic heterocycles. The average Bonchev–Trinajstić information content (AvgIpc) is 3.20. The molecule has 0 spiro atoms. The molecule has 2 aromatic rings. The van der Waals surface area contributed by atoms with Crippen LogP contribution in [-0.4, -0.2) is 5.91 Å². The highest BCUT2D eigenvalue weighted by Crippen LogP contribution is 2.49. The first-order valence-electron chi connectivity index (χ1n) is 6.56. The number of hydrogen-bond donors (Lipinski definition) is 1. The normalized spacial score (nSPS) is 20.1. The zero-order valence-corrected chi connectivity index (χ0v) is 12.5. The summed E-state index contributed by atoms with van der Waals surface area (Å²) in [4.78, 5) is 12.1. The van der Waals surface area contributed by atoms with Crippen molar-refractivity contribution >= 4 is 34.8 Å². The van der Waals surface area contributed by atoms with Gasteiger partial charge in [-0.05, 0) is 48.2 Å². The van der Waals surface area contributed by atoms with Crippen LogP contribution >= 0.6 is 23.2 Å². The summed E-state index contributed by atoms with van der Waals surface area (Å²) in [5.41, 5.74) is 1.15. The van der Waals surface area contributed by atoms with E-state index in [9.17, 15) is 9.18 Å². The molecule has 1 aliphatic rings. The van der Waals surface area contributed by atoms with E-state index in [0.29, 0.717) is 10.0 Å². The molecule has 3 rings (SSSR count). The van der Waals surface area contributed by atoms with Crippen molar-refractivity contribution in [2.24, 2.45) is 5.92 Å². The molecule has 1 fully saturated rings. The molecule has 1 amide bonds. The molecule has 2 aromatic carbocycles. The summed E-state index contributed by atoms with van der Waals surface area (Å²) in [5.74, 6) is -0.692. The van der Waals surface area contributed by atoms with Gasteiger partial charge in [0.15, 0.2) is 0 Å². The van der Waals surface area contributed by atoms with Gasteiger partial charge in [0.1, 0.15) is 5.82 Å². The van der Waals surface area contributed by atoms with Crippen molar-refractivity contribution in [1.29, 1.82) is 0 Å². The largest absolute Gasteiger partial charge is 0.323 e. The Morgan fingerprint density at radius 2 is 1.81 bits per heavy atom. The summed E-state index contributed by atoms with van der Waals surface area (Å²) >= 11 is 11.9. The van der Waals surface area contributed by atoms with Gasteiger partial charge in [-0.25, -0.2) is 4.39 Å². The van der Waals surface area contributed by atoms with Gasteiger partial charge in [-0.15, -0.1) is 0 Å². The fourth-order valence-electron chi connectivity index (χ4n) is 2.43. The minimum atomic E-state index is -0.436. The van der Waals surface area contributed by atoms with Gasteiger partial charge in [0, 0.05) is 16.0 Å². The molecule has 0 bridgehead atoms. The number of carbonyl (C=O) groups excluding carboxylic acids is 1. The van der Waals surface area contributed by atoms with Crippen LogP contribution in [0.5, 0.6) is 0 Å². The van der Waals surface area contributed by atoms with E-state index in [-0.39, 0.29) is 23.4 Å². The molecule has 5 heteroatoms. The maximum Gasteiger partial charge on any atom is 0.228 e. The molecule has 0 heterocycles. The van der Waals surface area contributed by atoms with Crippen molar-refractivity contribution in [3.05, 3.63) is 63.9 Å². The van der Waals surface area contributed by atoms with Crippen LogP contribution in [0.3, 0.4) is 0 Å². The monoisotopic (exact) mass is 323 g/mol. The highest BCUT2D eigenvalue weighted by Gasteiger charge is 2.44. The van der Waals surface area contributed by atoms with Crippen LogP contribution < -0.4 is 5.32 Å². The van der Waals surface area contributed by atoms with E-state index < -0.39 is 5.82 Å². The van der Waals surface area contributed by atoms with Gasteiger partial charge >= 0.3 is 0 Å². The standard InChI is InChI=1S/C16H12Cl2FNO/c17-10-5-9(6-11(18)7-10)12-8-13(12)16(21)20-15-4-2-1-3-14(15)19/h1-7,12-13H,8H2,(H,20,21)/t12-,13+/m1/s1. The van der Waals surface area contributed by atoms with Crippen molar-refractivity contribution in [2.45, 2.75) is 12.3 Å². The predicted molar refractivity (Wildman–Crippen MR) is 82.3 cm³/mol. The average molecular weight is 324 g/mol. The van der Waals surface area contributed by atoms with E-state index in [2.05, 4.69) is 5.32 Å². The van der Waals surface area contributed by atoms with Crippen LogP contribution in [0.4, 0.5) is 10.1 Å². The number of anilines is 1. The quantitative estimate of drug-likeness (QED) is 0.857. The van der Waals surface area contributed by atoms with Crippen LogP contribution in [0.25, 0.3) is 0 Å². The second kappa shape index (κ2) is 5.66. The molecule has 21 heavy (non-hydrogen) atoms. The first-order valence-corrected chi connectivity index (χ1v) is 7.31. The number of amides is 1. The molecule has 1 aliphatic carbocycles. The number of halogens is 3. The Bertz CT molecular complexity index is 684. The minimum absolute atomic E-state index is 0.0907. The highest BCUT2D eigenvalue weighted by atomic mass is 35.5. The maximum atomic E-state index is 13.5. The molecule has 2 nitrogen and oxygen atoms in total. The molecule has 0 radical (unpaired) electrons. The summed E-state index contributed by atoms with van der Waals surface area (Å²) in [7, 11) is 0. The Hall–Kier alpha value is -1.58. The summed E-state index contributed by atoms with van der Waals surface area (Å²) in [6.07, 6.45) is 0.719. The van der Waals surface area contributed by atoms with Crippen LogP contribution in [0.15, 0.2) is 42.5 Å². The van der Waals surface area contributed by atoms with Crippen molar-refractivity contribution in [1.82, 2.24) is 0 Å². The zero-order chi connectivity index (χ0) is 15.0. The first-order chi connectivity index (χ1) is 10.0. The van der Waals surface area contributed by atoms with E-state index in [0.717, 1.165) is 12.0 Å². The fourth-order valence-corrected chi connectivity index (χ4v) is 2.97. The van der Waals surface area contributed by atoms with Crippen LogP contribution in [0, 0.1) is 11.7 Å². The smallest absolute Gasteiger partial charge is 0.228 e. The van der Waals surface area contributed by atoms with Crippen LogP contribution in [-0.2, 0) is 4.79 Å². The highest BCUT2D eigenvalue weighted by molar-refractivity contribution is 6.34. The van der Waals surface area contributed by atoms with Crippen LogP contribution in [0.1, 0.15) is 17.9 Å².